The molecule has 388 valence electrons. The highest BCUT2D eigenvalue weighted by molar-refractivity contribution is 6.10. The molecule has 77 heavy (non-hydrogen) atoms. The molecule has 5 nitrogen and oxygen atoms in total. The van der Waals surface area contributed by atoms with E-state index in [0.29, 0.717) is 6.67 Å². The van der Waals surface area contributed by atoms with E-state index in [1.807, 2.05) is 6.20 Å². The Balaban J connectivity index is 1.06. The normalized spacial score (nSPS) is 13.4. The average Bonchev–Trinajstić information content (AvgIpc) is 3.96. The van der Waals surface area contributed by atoms with Gasteiger partial charge in [-0.2, -0.15) is 0 Å². The second kappa shape index (κ2) is 19.0. The van der Waals surface area contributed by atoms with Crippen LogP contribution in [0.3, 0.4) is 0 Å². The zero-order valence-electron chi connectivity index (χ0n) is 47.5. The Labute approximate surface area is 457 Å². The SMILES string of the molecule is CC(C)(C)c1cc(Oc2ccc3c4ccc(C(C)(C)c5ccccc5)cc4n(-c4cc(C(C)(C)C)ccn4)c3c2)cc(N2CN(c3cc(-c4ccccc4)cc(C(C)(C)C)c3)c3ccc(C(C)(C)c4ccccc4)cc32)c1. The van der Waals surface area contributed by atoms with Gasteiger partial charge in [0.2, 0.25) is 0 Å². The number of anilines is 4. The van der Waals surface area contributed by atoms with Crippen LogP contribution >= 0.6 is 0 Å². The van der Waals surface area contributed by atoms with Crippen molar-refractivity contribution in [2.24, 2.45) is 0 Å². The van der Waals surface area contributed by atoms with Gasteiger partial charge in [0.1, 0.15) is 24.0 Å². The molecule has 0 radical (unpaired) electrons. The quantitative estimate of drug-likeness (QED) is 0.137. The Morgan fingerprint density at radius 1 is 0.364 bits per heavy atom. The minimum Gasteiger partial charge on any atom is -0.457 e. The van der Waals surface area contributed by atoms with E-state index in [0.717, 1.165) is 45.1 Å². The molecule has 11 rings (SSSR count). The number of aromatic nitrogens is 2. The smallest absolute Gasteiger partial charge is 0.137 e. The summed E-state index contributed by atoms with van der Waals surface area (Å²) < 4.78 is 9.55. The number of fused-ring (bicyclic) bond motifs is 4. The third-order valence-electron chi connectivity index (χ3n) is 16.4. The molecule has 0 atom stereocenters. The summed E-state index contributed by atoms with van der Waals surface area (Å²) in [4.78, 5) is 10.1. The van der Waals surface area contributed by atoms with E-state index in [-0.39, 0.29) is 27.1 Å². The first-order chi connectivity index (χ1) is 36.5. The van der Waals surface area contributed by atoms with E-state index >= 15 is 0 Å². The Morgan fingerprint density at radius 3 is 1.49 bits per heavy atom. The number of hydrogen-bond acceptors (Lipinski definition) is 4. The largest absolute Gasteiger partial charge is 0.457 e. The Kier molecular flexibility index (Phi) is 12.6. The molecule has 10 aromatic rings. The zero-order chi connectivity index (χ0) is 54.2. The summed E-state index contributed by atoms with van der Waals surface area (Å²) in [5.41, 5.74) is 17.2. The fourth-order valence-electron chi connectivity index (χ4n) is 11.2. The predicted octanol–water partition coefficient (Wildman–Crippen LogP) is 19.4. The maximum atomic E-state index is 7.20. The van der Waals surface area contributed by atoms with Crippen molar-refractivity contribution in [3.05, 3.63) is 239 Å². The predicted molar refractivity (Wildman–Crippen MR) is 326 cm³/mol. The maximum Gasteiger partial charge on any atom is 0.137 e. The van der Waals surface area contributed by atoms with Crippen LogP contribution in [0.25, 0.3) is 38.8 Å². The molecule has 0 N–H and O–H groups in total. The van der Waals surface area contributed by atoms with E-state index in [1.165, 1.54) is 66.8 Å². The summed E-state index contributed by atoms with van der Waals surface area (Å²) in [7, 11) is 0. The third kappa shape index (κ3) is 9.71. The molecule has 0 saturated carbocycles. The highest BCUT2D eigenvalue weighted by Crippen LogP contribution is 2.50. The van der Waals surface area contributed by atoms with Gasteiger partial charge in [0, 0.05) is 51.3 Å². The van der Waals surface area contributed by atoms with Gasteiger partial charge in [-0.3, -0.25) is 4.57 Å². The van der Waals surface area contributed by atoms with Gasteiger partial charge in [-0.05, 0) is 133 Å². The van der Waals surface area contributed by atoms with Crippen LogP contribution in [0.1, 0.15) is 129 Å². The minimum atomic E-state index is -0.242. The first-order valence-electron chi connectivity index (χ1n) is 27.4. The van der Waals surface area contributed by atoms with Gasteiger partial charge in [-0.25, -0.2) is 4.98 Å². The monoisotopic (exact) mass is 1010 g/mol. The average molecular weight is 1010 g/mol. The van der Waals surface area contributed by atoms with Crippen LogP contribution in [0.4, 0.5) is 22.7 Å². The number of hydrogen-bond donors (Lipinski definition) is 0. The lowest BCUT2D eigenvalue weighted by Crippen LogP contribution is -2.25. The lowest BCUT2D eigenvalue weighted by Gasteiger charge is -2.28. The van der Waals surface area contributed by atoms with Crippen LogP contribution < -0.4 is 14.5 Å². The van der Waals surface area contributed by atoms with Gasteiger partial charge in [-0.1, -0.05) is 205 Å². The summed E-state index contributed by atoms with van der Waals surface area (Å²) in [5.74, 6) is 2.44. The molecular weight excluding hydrogens is 937 g/mol. The van der Waals surface area contributed by atoms with Crippen LogP contribution in [0.2, 0.25) is 0 Å². The topological polar surface area (TPSA) is 33.5 Å². The van der Waals surface area contributed by atoms with E-state index < -0.39 is 0 Å². The number of ether oxygens (including phenoxy) is 1. The van der Waals surface area contributed by atoms with Gasteiger partial charge in [0.15, 0.2) is 0 Å². The number of rotatable bonds is 10. The van der Waals surface area contributed by atoms with E-state index in [1.54, 1.807) is 0 Å². The van der Waals surface area contributed by atoms with Crippen molar-refractivity contribution in [1.82, 2.24) is 9.55 Å². The van der Waals surface area contributed by atoms with Crippen molar-refractivity contribution in [1.29, 1.82) is 0 Å². The lowest BCUT2D eigenvalue weighted by molar-refractivity contribution is 0.479. The van der Waals surface area contributed by atoms with Crippen molar-refractivity contribution in [2.45, 2.75) is 117 Å². The summed E-state index contributed by atoms with van der Waals surface area (Å²) in [6, 6.07) is 71.5. The fourth-order valence-corrected chi connectivity index (χ4v) is 11.2. The first kappa shape index (κ1) is 51.2. The molecule has 0 unspecified atom stereocenters. The third-order valence-corrected chi connectivity index (χ3v) is 16.4. The van der Waals surface area contributed by atoms with Crippen molar-refractivity contribution >= 4 is 44.6 Å². The molecular formula is C72H74N4O. The van der Waals surface area contributed by atoms with Crippen molar-refractivity contribution in [3.8, 4) is 28.4 Å². The van der Waals surface area contributed by atoms with Crippen molar-refractivity contribution < 1.29 is 4.74 Å². The molecule has 1 aliphatic rings. The molecule has 0 spiro atoms. The zero-order valence-corrected chi connectivity index (χ0v) is 47.5. The van der Waals surface area contributed by atoms with Gasteiger partial charge < -0.3 is 14.5 Å². The van der Waals surface area contributed by atoms with Gasteiger partial charge >= 0.3 is 0 Å². The molecule has 0 fully saturated rings. The first-order valence-corrected chi connectivity index (χ1v) is 27.4. The molecule has 0 aliphatic carbocycles. The standard InChI is InChI=1S/C72H74N4O/c1-68(2,3)52-35-36-73-67(44-52)76-64-42-53(71(10,11)50-25-19-15-20-26-50)29-32-61(64)62-33-31-59(46-65(62)76)77-60-41-56(70(7,8)9)40-58(45-60)75-47-74(57-38-49(48-23-17-14-18-24-48)37-55(39-57)69(4,5)6)63-34-30-54(43-66(63)75)72(12,13)51-27-21-16-22-28-51/h14-46H,47H2,1-13H3. The molecule has 8 aromatic carbocycles. The summed E-state index contributed by atoms with van der Waals surface area (Å²) in [6.45, 7) is 30.5. The second-order valence-corrected chi connectivity index (χ2v) is 25.5. The molecule has 0 amide bonds. The van der Waals surface area contributed by atoms with Crippen LogP contribution in [-0.4, -0.2) is 16.2 Å². The maximum absolute atomic E-state index is 7.20. The Bertz CT molecular complexity index is 3810. The lowest BCUT2D eigenvalue weighted by atomic mass is 9.78. The summed E-state index contributed by atoms with van der Waals surface area (Å²) in [5, 5.41) is 2.33. The molecule has 3 heterocycles. The van der Waals surface area contributed by atoms with E-state index in [4.69, 9.17) is 9.72 Å². The molecule has 5 heteroatoms. The minimum absolute atomic E-state index is 0.0604. The van der Waals surface area contributed by atoms with Crippen LogP contribution in [0, 0.1) is 0 Å². The highest BCUT2D eigenvalue weighted by atomic mass is 16.5. The van der Waals surface area contributed by atoms with Crippen LogP contribution in [0.15, 0.2) is 200 Å². The Hall–Kier alpha value is -7.89. The number of pyridine rings is 1. The van der Waals surface area contributed by atoms with E-state index in [2.05, 4.69) is 298 Å². The second-order valence-electron chi connectivity index (χ2n) is 25.5. The molecule has 0 bridgehead atoms. The fraction of sp³-hybridized carbons (Fsp3) is 0.264. The van der Waals surface area contributed by atoms with Gasteiger partial charge in [0.05, 0.1) is 22.4 Å². The summed E-state index contributed by atoms with van der Waals surface area (Å²) in [6.07, 6.45) is 1.96. The van der Waals surface area contributed by atoms with Crippen LogP contribution in [0.5, 0.6) is 11.5 Å². The van der Waals surface area contributed by atoms with Gasteiger partial charge in [-0.15, -0.1) is 0 Å². The van der Waals surface area contributed by atoms with Gasteiger partial charge in [0.25, 0.3) is 0 Å². The van der Waals surface area contributed by atoms with Crippen molar-refractivity contribution in [3.63, 3.8) is 0 Å². The molecule has 2 aromatic heterocycles. The van der Waals surface area contributed by atoms with Crippen LogP contribution in [-0.2, 0) is 27.1 Å². The van der Waals surface area contributed by atoms with Crippen molar-refractivity contribution in [2.75, 3.05) is 16.5 Å². The highest BCUT2D eigenvalue weighted by Gasteiger charge is 2.34. The molecule has 0 saturated heterocycles. The molecule has 1 aliphatic heterocycles. The number of benzene rings is 8. The number of nitrogens with zero attached hydrogens (tertiary/aromatic N) is 4. The summed E-state index contributed by atoms with van der Waals surface area (Å²) >= 11 is 0. The Morgan fingerprint density at radius 2 is 0.883 bits per heavy atom. The van der Waals surface area contributed by atoms with E-state index in [9.17, 15) is 0 Å².